The van der Waals surface area contributed by atoms with Crippen LogP contribution in [0, 0.1) is 11.8 Å². The number of carbonyl (C=O) groups is 2. The summed E-state index contributed by atoms with van der Waals surface area (Å²) >= 11 is 1.64. The van der Waals surface area contributed by atoms with Crippen molar-refractivity contribution in [2.24, 2.45) is 11.8 Å². The van der Waals surface area contributed by atoms with Gasteiger partial charge in [0.15, 0.2) is 0 Å². The van der Waals surface area contributed by atoms with E-state index < -0.39 is 0 Å². The largest absolute Gasteiger partial charge is 0.491 e. The normalized spacial score (nSPS) is 24.5. The molecule has 10 heteroatoms. The minimum Gasteiger partial charge on any atom is -0.491 e. The summed E-state index contributed by atoms with van der Waals surface area (Å²) < 4.78 is 17.5. The molecule has 1 aromatic carbocycles. The van der Waals surface area contributed by atoms with E-state index in [9.17, 15) is 9.59 Å². The van der Waals surface area contributed by atoms with Gasteiger partial charge in [-0.15, -0.1) is 11.3 Å². The molecule has 2 amide bonds. The molecule has 2 aliphatic heterocycles. The van der Waals surface area contributed by atoms with Crippen LogP contribution in [-0.4, -0.2) is 85.8 Å². The minimum atomic E-state index is -0.167. The number of amides is 2. The monoisotopic (exact) mass is 530 g/mol. The first-order valence-corrected chi connectivity index (χ1v) is 13.8. The molecule has 3 atom stereocenters. The smallest absolute Gasteiger partial charge is 0.257 e. The van der Waals surface area contributed by atoms with E-state index in [4.69, 9.17) is 14.2 Å². The fraction of sp³-hybridized carbons (Fsp3) is 0.593. The number of aromatic nitrogens is 1. The van der Waals surface area contributed by atoms with Gasteiger partial charge in [0.05, 0.1) is 18.2 Å². The summed E-state index contributed by atoms with van der Waals surface area (Å²) in [5, 5.41) is 6.03. The lowest BCUT2D eigenvalue weighted by Crippen LogP contribution is -2.46. The van der Waals surface area contributed by atoms with E-state index in [0.29, 0.717) is 56.2 Å². The first-order chi connectivity index (χ1) is 17.9. The predicted molar refractivity (Wildman–Crippen MR) is 143 cm³/mol. The molecule has 4 rings (SSSR count). The van der Waals surface area contributed by atoms with Crippen molar-refractivity contribution in [2.75, 3.05) is 52.4 Å². The number of anilines is 1. The second-order valence-corrected chi connectivity index (χ2v) is 11.0. The lowest BCUT2D eigenvalue weighted by molar-refractivity contribution is -0.122. The topological polar surface area (TPSA) is 93.2 Å². The van der Waals surface area contributed by atoms with Crippen LogP contribution in [0.15, 0.2) is 29.8 Å². The highest BCUT2D eigenvalue weighted by atomic mass is 32.1. The summed E-state index contributed by atoms with van der Waals surface area (Å²) in [6, 6.07) is 5.38. The molecule has 1 aromatic heterocycles. The maximum atomic E-state index is 13.6. The standard InChI is InChI=1S/C27H38N4O5S/c1-18-14-31(16-25-28-9-12-37-25)19(2)17-36-23-6-5-21(29-26(32)20-7-10-35-11-8-20)13-22(23)27(33)30(3)15-24(18)34-4/h5-6,9,12-13,18-20,24H,7-8,10-11,14-17H2,1-4H3,(H,29,32)/t18-,19-,24-/m0/s1. The lowest BCUT2D eigenvalue weighted by atomic mass is 9.99. The first kappa shape index (κ1) is 27.5. The SMILES string of the molecule is CO[C@H]1CN(C)C(=O)c2cc(NC(=O)C3CCOCC3)ccc2OC[C@H](C)N(Cc2nccs2)C[C@@H]1C. The Morgan fingerprint density at radius 2 is 2.03 bits per heavy atom. The van der Waals surface area contributed by atoms with Gasteiger partial charge in [0.25, 0.3) is 5.91 Å². The summed E-state index contributed by atoms with van der Waals surface area (Å²) in [5.41, 5.74) is 1.01. The van der Waals surface area contributed by atoms with Crippen LogP contribution in [0.1, 0.15) is 42.1 Å². The zero-order chi connectivity index (χ0) is 26.4. The maximum absolute atomic E-state index is 13.6. The highest BCUT2D eigenvalue weighted by molar-refractivity contribution is 7.09. The molecule has 0 saturated carbocycles. The van der Waals surface area contributed by atoms with Gasteiger partial charge in [-0.25, -0.2) is 4.98 Å². The van der Waals surface area contributed by atoms with E-state index in [1.807, 2.05) is 11.6 Å². The number of hydrogen-bond acceptors (Lipinski definition) is 8. The number of carbonyl (C=O) groups excluding carboxylic acids is 2. The molecule has 0 bridgehead atoms. The van der Waals surface area contributed by atoms with Gasteiger partial charge >= 0.3 is 0 Å². The van der Waals surface area contributed by atoms with Crippen LogP contribution in [-0.2, 0) is 20.8 Å². The zero-order valence-electron chi connectivity index (χ0n) is 22.1. The minimum absolute atomic E-state index is 0.0437. The van der Waals surface area contributed by atoms with Gasteiger partial charge in [-0.2, -0.15) is 0 Å². The van der Waals surface area contributed by atoms with Crippen molar-refractivity contribution in [1.82, 2.24) is 14.8 Å². The average Bonchev–Trinajstić information content (AvgIpc) is 3.42. The zero-order valence-corrected chi connectivity index (χ0v) is 23.0. The number of nitrogens with zero attached hydrogens (tertiary/aromatic N) is 3. The van der Waals surface area contributed by atoms with Crippen molar-refractivity contribution in [2.45, 2.75) is 45.4 Å². The van der Waals surface area contributed by atoms with Gasteiger partial charge in [-0.1, -0.05) is 6.92 Å². The van der Waals surface area contributed by atoms with Gasteiger partial charge in [-0.3, -0.25) is 14.5 Å². The third-order valence-corrected chi connectivity index (χ3v) is 8.02. The molecule has 2 aliphatic rings. The fourth-order valence-corrected chi connectivity index (χ4v) is 5.50. The molecule has 9 nitrogen and oxygen atoms in total. The predicted octanol–water partition coefficient (Wildman–Crippen LogP) is 3.51. The van der Waals surface area contributed by atoms with Crippen LogP contribution in [0.5, 0.6) is 5.75 Å². The van der Waals surface area contributed by atoms with E-state index in [1.165, 1.54) is 0 Å². The molecule has 37 heavy (non-hydrogen) atoms. The number of thiazole rings is 1. The molecule has 3 heterocycles. The number of hydrogen-bond donors (Lipinski definition) is 1. The summed E-state index contributed by atoms with van der Waals surface area (Å²) in [5.74, 6) is 0.381. The van der Waals surface area contributed by atoms with Crippen LogP contribution in [0.4, 0.5) is 5.69 Å². The molecule has 1 N–H and O–H groups in total. The first-order valence-electron chi connectivity index (χ1n) is 12.9. The third-order valence-electron chi connectivity index (χ3n) is 7.26. The van der Waals surface area contributed by atoms with Crippen molar-refractivity contribution >= 4 is 28.8 Å². The second kappa shape index (κ2) is 12.8. The van der Waals surface area contributed by atoms with Crippen LogP contribution >= 0.6 is 11.3 Å². The van der Waals surface area contributed by atoms with Gasteiger partial charge in [0.1, 0.15) is 17.4 Å². The lowest BCUT2D eigenvalue weighted by Gasteiger charge is -2.35. The molecule has 1 fully saturated rings. The van der Waals surface area contributed by atoms with Crippen LogP contribution < -0.4 is 10.1 Å². The number of ether oxygens (including phenoxy) is 3. The Kier molecular flexibility index (Phi) is 9.53. The maximum Gasteiger partial charge on any atom is 0.257 e. The van der Waals surface area contributed by atoms with E-state index in [2.05, 4.69) is 29.0 Å². The molecular formula is C27H38N4O5S. The molecule has 0 spiro atoms. The van der Waals surface area contributed by atoms with Gasteiger partial charge in [0.2, 0.25) is 5.91 Å². The van der Waals surface area contributed by atoms with Crippen LogP contribution in [0.25, 0.3) is 0 Å². The number of methoxy groups -OCH3 is 1. The number of benzene rings is 1. The van der Waals surface area contributed by atoms with Crippen molar-refractivity contribution in [3.8, 4) is 5.75 Å². The Morgan fingerprint density at radius 1 is 1.24 bits per heavy atom. The summed E-state index contributed by atoms with van der Waals surface area (Å²) in [7, 11) is 3.47. The van der Waals surface area contributed by atoms with E-state index in [-0.39, 0.29) is 35.8 Å². The van der Waals surface area contributed by atoms with Crippen molar-refractivity contribution in [3.63, 3.8) is 0 Å². The van der Waals surface area contributed by atoms with E-state index >= 15 is 0 Å². The Labute approximate surface area is 223 Å². The van der Waals surface area contributed by atoms with Gasteiger partial charge in [0, 0.05) is 69.7 Å². The van der Waals surface area contributed by atoms with E-state index in [0.717, 1.165) is 18.1 Å². The van der Waals surface area contributed by atoms with Crippen molar-refractivity contribution in [3.05, 3.63) is 40.3 Å². The summed E-state index contributed by atoms with van der Waals surface area (Å²) in [6.45, 7) is 7.83. The Hall–Kier alpha value is -2.53. The molecule has 202 valence electrons. The van der Waals surface area contributed by atoms with Crippen LogP contribution in [0.2, 0.25) is 0 Å². The molecule has 1 saturated heterocycles. The highest BCUT2D eigenvalue weighted by Crippen LogP contribution is 2.28. The number of nitrogens with one attached hydrogen (secondary N) is 1. The fourth-order valence-electron chi connectivity index (χ4n) is 4.86. The molecule has 0 radical (unpaired) electrons. The van der Waals surface area contributed by atoms with E-state index in [1.54, 1.807) is 48.6 Å². The summed E-state index contributed by atoms with van der Waals surface area (Å²) in [4.78, 5) is 34.9. The highest BCUT2D eigenvalue weighted by Gasteiger charge is 2.29. The molecule has 0 unspecified atom stereocenters. The van der Waals surface area contributed by atoms with Gasteiger partial charge < -0.3 is 24.4 Å². The molecule has 0 aliphatic carbocycles. The van der Waals surface area contributed by atoms with Gasteiger partial charge in [-0.05, 0) is 43.9 Å². The third kappa shape index (κ3) is 7.07. The quantitative estimate of drug-likeness (QED) is 0.632. The molecular weight excluding hydrogens is 492 g/mol. The second-order valence-electron chi connectivity index (χ2n) is 10.0. The van der Waals surface area contributed by atoms with Crippen LogP contribution in [0.3, 0.4) is 0 Å². The summed E-state index contributed by atoms with van der Waals surface area (Å²) in [6.07, 6.45) is 3.09. The average molecular weight is 531 g/mol. The Bertz CT molecular complexity index is 1040. The Morgan fingerprint density at radius 3 is 2.73 bits per heavy atom. The number of likely N-dealkylation sites (N-methyl/N-ethyl adjacent to an activating group) is 1. The Balaban J connectivity index is 1.59. The number of rotatable bonds is 5. The number of fused-ring (bicyclic) bond motifs is 1. The molecule has 2 aromatic rings. The van der Waals surface area contributed by atoms with Crippen molar-refractivity contribution < 1.29 is 23.8 Å². The van der Waals surface area contributed by atoms with Crippen molar-refractivity contribution in [1.29, 1.82) is 0 Å².